The zero-order chi connectivity index (χ0) is 16.0. The minimum Gasteiger partial charge on any atom is -0.315 e. The van der Waals surface area contributed by atoms with E-state index < -0.39 is 0 Å². The molecule has 0 amide bonds. The van der Waals surface area contributed by atoms with E-state index in [0.717, 1.165) is 50.1 Å². The molecule has 1 unspecified atom stereocenters. The second kappa shape index (κ2) is 5.49. The molecule has 0 aliphatic carbocycles. The molecule has 126 valence electrons. The highest BCUT2D eigenvalue weighted by atomic mass is 16.1. The van der Waals surface area contributed by atoms with Crippen LogP contribution in [-0.4, -0.2) is 46.2 Å². The summed E-state index contributed by atoms with van der Waals surface area (Å²) in [5.41, 5.74) is 3.55. The van der Waals surface area contributed by atoms with Crippen molar-refractivity contribution in [2.45, 2.75) is 44.7 Å². The van der Waals surface area contributed by atoms with Crippen molar-refractivity contribution in [2.24, 2.45) is 0 Å². The van der Waals surface area contributed by atoms with E-state index in [1.54, 1.807) is 0 Å². The summed E-state index contributed by atoms with van der Waals surface area (Å²) >= 11 is 0. The van der Waals surface area contributed by atoms with E-state index in [1.807, 2.05) is 10.6 Å². The number of hydrogen-bond donors (Lipinski definition) is 2. The number of imidazole rings is 1. The molecule has 5 heteroatoms. The zero-order valence-corrected chi connectivity index (χ0v) is 14.1. The first-order valence-corrected chi connectivity index (χ1v) is 8.73. The molecule has 0 radical (unpaired) electrons. The number of piperidine rings is 1. The first-order chi connectivity index (χ1) is 11.1. The molecule has 23 heavy (non-hydrogen) atoms. The van der Waals surface area contributed by atoms with Crippen molar-refractivity contribution >= 4 is 11.0 Å². The van der Waals surface area contributed by atoms with Crippen molar-refractivity contribution in [1.29, 1.82) is 0 Å². The summed E-state index contributed by atoms with van der Waals surface area (Å²) in [5, 5.41) is 3.49. The van der Waals surface area contributed by atoms with Crippen LogP contribution in [0.1, 0.15) is 39.2 Å². The number of benzene rings is 1. The Morgan fingerprint density at radius 1 is 1.30 bits per heavy atom. The van der Waals surface area contributed by atoms with Crippen molar-refractivity contribution in [3.8, 4) is 0 Å². The fourth-order valence-corrected chi connectivity index (χ4v) is 4.33. The number of hydrogen-bond acceptors (Lipinski definition) is 3. The number of nitrogens with one attached hydrogen (secondary N) is 2. The summed E-state index contributed by atoms with van der Waals surface area (Å²) in [6, 6.07) is 6.51. The molecule has 3 heterocycles. The number of aryl methyl sites for hydroxylation is 1. The van der Waals surface area contributed by atoms with Crippen LogP contribution < -0.4 is 11.0 Å². The predicted molar refractivity (Wildman–Crippen MR) is 95.1 cm³/mol. The standard InChI is InChI=1S/C18H26N4O.H2/c1-13-3-4-15-16(11-13)22(17(23)20-15)14-5-9-21(10-6-14)18(2)7-8-19-12-18;/h3-4,11,14,19H,5-10,12H2,1-2H3,(H,20,23);1H. The molecule has 1 aromatic heterocycles. The van der Waals surface area contributed by atoms with Crippen molar-refractivity contribution in [3.63, 3.8) is 0 Å². The molecular weight excluding hydrogens is 288 g/mol. The van der Waals surface area contributed by atoms with Gasteiger partial charge in [0.15, 0.2) is 0 Å². The second-order valence-corrected chi connectivity index (χ2v) is 7.46. The summed E-state index contributed by atoms with van der Waals surface area (Å²) in [5.74, 6) is 0. The van der Waals surface area contributed by atoms with Gasteiger partial charge in [-0.05, 0) is 57.4 Å². The van der Waals surface area contributed by atoms with Gasteiger partial charge in [0.05, 0.1) is 11.0 Å². The van der Waals surface area contributed by atoms with E-state index in [1.165, 1.54) is 12.0 Å². The van der Waals surface area contributed by atoms with Crippen LogP contribution in [0, 0.1) is 6.92 Å². The maximum atomic E-state index is 12.4. The molecule has 1 atom stereocenters. The van der Waals surface area contributed by atoms with E-state index in [4.69, 9.17) is 0 Å². The van der Waals surface area contributed by atoms with E-state index in [0.29, 0.717) is 11.6 Å². The molecule has 0 bridgehead atoms. The number of fused-ring (bicyclic) bond motifs is 1. The van der Waals surface area contributed by atoms with Crippen LogP contribution in [0.4, 0.5) is 0 Å². The third kappa shape index (κ3) is 2.52. The average Bonchev–Trinajstić information content (AvgIpc) is 3.11. The first-order valence-electron chi connectivity index (χ1n) is 8.73. The number of aromatic nitrogens is 2. The van der Waals surface area contributed by atoms with Crippen LogP contribution in [0.3, 0.4) is 0 Å². The van der Waals surface area contributed by atoms with E-state index in [-0.39, 0.29) is 7.12 Å². The molecule has 2 fully saturated rings. The molecule has 2 aromatic rings. The Bertz CT molecular complexity index is 767. The highest BCUT2D eigenvalue weighted by Gasteiger charge is 2.37. The summed E-state index contributed by atoms with van der Waals surface area (Å²) in [6.07, 6.45) is 3.33. The van der Waals surface area contributed by atoms with Crippen LogP contribution in [0.2, 0.25) is 0 Å². The van der Waals surface area contributed by atoms with Crippen LogP contribution in [-0.2, 0) is 0 Å². The monoisotopic (exact) mass is 316 g/mol. The van der Waals surface area contributed by atoms with Gasteiger partial charge in [-0.25, -0.2) is 4.79 Å². The molecule has 5 nitrogen and oxygen atoms in total. The first kappa shape index (κ1) is 15.0. The third-order valence-electron chi connectivity index (χ3n) is 5.81. The maximum absolute atomic E-state index is 12.4. The molecule has 2 aliphatic heterocycles. The van der Waals surface area contributed by atoms with Gasteiger partial charge in [0, 0.05) is 32.6 Å². The molecule has 2 N–H and O–H groups in total. The molecule has 0 saturated carbocycles. The van der Waals surface area contributed by atoms with Gasteiger partial charge in [0.2, 0.25) is 0 Å². The van der Waals surface area contributed by atoms with Gasteiger partial charge >= 0.3 is 5.69 Å². The quantitative estimate of drug-likeness (QED) is 0.894. The Kier molecular flexibility index (Phi) is 3.58. The highest BCUT2D eigenvalue weighted by molar-refractivity contribution is 5.76. The van der Waals surface area contributed by atoms with E-state index in [2.05, 4.69) is 41.2 Å². The lowest BCUT2D eigenvalue weighted by atomic mass is 9.94. The SMILES string of the molecule is Cc1ccc2[nH]c(=O)n(C3CCN(C4(C)CCNC4)CC3)c2c1.[HH]. The Morgan fingerprint density at radius 2 is 2.09 bits per heavy atom. The number of rotatable bonds is 2. The largest absolute Gasteiger partial charge is 0.326 e. The Balaban J connectivity index is 0.00000169. The highest BCUT2D eigenvalue weighted by Crippen LogP contribution is 2.31. The summed E-state index contributed by atoms with van der Waals surface area (Å²) < 4.78 is 1.99. The van der Waals surface area contributed by atoms with Crippen molar-refractivity contribution in [3.05, 3.63) is 34.2 Å². The van der Waals surface area contributed by atoms with Gasteiger partial charge in [-0.2, -0.15) is 0 Å². The van der Waals surface area contributed by atoms with E-state index >= 15 is 0 Å². The summed E-state index contributed by atoms with van der Waals surface area (Å²) in [7, 11) is 0. The van der Waals surface area contributed by atoms with Gasteiger partial charge in [-0.1, -0.05) is 6.07 Å². The molecule has 4 rings (SSSR count). The van der Waals surface area contributed by atoms with Crippen molar-refractivity contribution in [2.75, 3.05) is 26.2 Å². The molecule has 0 spiro atoms. The molecule has 2 saturated heterocycles. The Labute approximate surface area is 138 Å². The molecule has 1 aromatic carbocycles. The minimum atomic E-state index is 0. The van der Waals surface area contributed by atoms with Crippen molar-refractivity contribution < 1.29 is 1.43 Å². The van der Waals surface area contributed by atoms with Crippen LogP contribution in [0.5, 0.6) is 0 Å². The van der Waals surface area contributed by atoms with Crippen LogP contribution in [0.15, 0.2) is 23.0 Å². The van der Waals surface area contributed by atoms with E-state index in [9.17, 15) is 4.79 Å². The van der Waals surface area contributed by atoms with Crippen LogP contribution >= 0.6 is 0 Å². The lowest BCUT2D eigenvalue weighted by Crippen LogP contribution is -2.51. The van der Waals surface area contributed by atoms with Gasteiger partial charge in [0.1, 0.15) is 0 Å². The zero-order valence-electron chi connectivity index (χ0n) is 14.1. The van der Waals surface area contributed by atoms with Gasteiger partial charge in [0.25, 0.3) is 0 Å². The normalized spacial score (nSPS) is 27.0. The molecule has 2 aliphatic rings. The smallest absolute Gasteiger partial charge is 0.315 e. The maximum Gasteiger partial charge on any atom is 0.326 e. The average molecular weight is 316 g/mol. The summed E-state index contributed by atoms with van der Waals surface area (Å²) in [4.78, 5) is 18.1. The minimum absolute atomic E-state index is 0. The van der Waals surface area contributed by atoms with Gasteiger partial charge in [-0.15, -0.1) is 0 Å². The van der Waals surface area contributed by atoms with Gasteiger partial charge < -0.3 is 10.3 Å². The molecular formula is C18H28N4O. The van der Waals surface area contributed by atoms with Gasteiger partial charge in [-0.3, -0.25) is 9.47 Å². The number of likely N-dealkylation sites (tertiary alicyclic amines) is 1. The fourth-order valence-electron chi connectivity index (χ4n) is 4.33. The Hall–Kier alpha value is -1.59. The lowest BCUT2D eigenvalue weighted by molar-refractivity contribution is 0.0778. The summed E-state index contributed by atoms with van der Waals surface area (Å²) in [6.45, 7) is 8.81. The van der Waals surface area contributed by atoms with Crippen molar-refractivity contribution in [1.82, 2.24) is 19.8 Å². The third-order valence-corrected chi connectivity index (χ3v) is 5.81. The number of H-pyrrole nitrogens is 1. The predicted octanol–water partition coefficient (Wildman–Crippen LogP) is 2.27. The number of nitrogens with zero attached hydrogens (tertiary/aromatic N) is 2. The topological polar surface area (TPSA) is 53.1 Å². The Morgan fingerprint density at radius 3 is 2.78 bits per heavy atom. The lowest BCUT2D eigenvalue weighted by Gasteiger charge is -2.42. The van der Waals surface area contributed by atoms with Crippen LogP contribution in [0.25, 0.3) is 11.0 Å². The fraction of sp³-hybridized carbons (Fsp3) is 0.611. The number of aromatic amines is 1. The second-order valence-electron chi connectivity index (χ2n) is 7.46.